The average molecular weight is 279 g/mol. The van der Waals surface area contributed by atoms with Crippen LogP contribution in [-0.4, -0.2) is 39.7 Å². The van der Waals surface area contributed by atoms with Crippen molar-refractivity contribution < 1.29 is 19.9 Å². The molecule has 2 aliphatic rings. The quantitative estimate of drug-likeness (QED) is 0.620. The SMILES string of the molecule is O=[N+]([O-])[C@]12COC(O)[C@@H](CC[C@@H]1O)C2c1ccccc1. The summed E-state index contributed by atoms with van der Waals surface area (Å²) in [6.45, 7) is -0.265. The second kappa shape index (κ2) is 4.80. The summed E-state index contributed by atoms with van der Waals surface area (Å²) in [6, 6.07) is 9.09. The van der Waals surface area contributed by atoms with Crippen LogP contribution in [0.2, 0.25) is 0 Å². The molecule has 3 rings (SSSR count). The molecule has 2 bridgehead atoms. The molecule has 1 aliphatic carbocycles. The Balaban J connectivity index is 2.13. The lowest BCUT2D eigenvalue weighted by molar-refractivity contribution is -0.607. The van der Waals surface area contributed by atoms with Gasteiger partial charge in [-0.25, -0.2) is 0 Å². The first-order valence-corrected chi connectivity index (χ1v) is 6.74. The highest BCUT2D eigenvalue weighted by atomic mass is 16.7. The highest BCUT2D eigenvalue weighted by Crippen LogP contribution is 2.51. The maximum Gasteiger partial charge on any atom is 0.277 e. The Morgan fingerprint density at radius 1 is 1.25 bits per heavy atom. The Hall–Kier alpha value is -1.50. The van der Waals surface area contributed by atoms with Crippen LogP contribution in [0, 0.1) is 16.0 Å². The molecular weight excluding hydrogens is 262 g/mol. The third-order valence-corrected chi connectivity index (χ3v) is 4.67. The Morgan fingerprint density at radius 3 is 2.60 bits per heavy atom. The first kappa shape index (κ1) is 13.5. The van der Waals surface area contributed by atoms with Crippen LogP contribution in [0.5, 0.6) is 0 Å². The molecule has 2 fully saturated rings. The molecule has 1 aromatic rings. The average Bonchev–Trinajstić information content (AvgIpc) is 2.45. The predicted octanol–water partition coefficient (Wildman–Crippen LogP) is 0.905. The van der Waals surface area contributed by atoms with Gasteiger partial charge in [-0.05, 0) is 18.4 Å². The van der Waals surface area contributed by atoms with E-state index in [1.165, 1.54) is 0 Å². The highest BCUT2D eigenvalue weighted by Gasteiger charge is 2.65. The summed E-state index contributed by atoms with van der Waals surface area (Å²) in [7, 11) is 0. The van der Waals surface area contributed by atoms with E-state index in [1.54, 1.807) is 0 Å². The van der Waals surface area contributed by atoms with E-state index in [9.17, 15) is 20.3 Å². The third kappa shape index (κ3) is 1.76. The molecule has 20 heavy (non-hydrogen) atoms. The van der Waals surface area contributed by atoms with Crippen LogP contribution >= 0.6 is 0 Å². The van der Waals surface area contributed by atoms with E-state index in [2.05, 4.69) is 0 Å². The van der Waals surface area contributed by atoms with Gasteiger partial charge in [-0.15, -0.1) is 0 Å². The molecule has 6 heteroatoms. The minimum absolute atomic E-state index is 0.265. The van der Waals surface area contributed by atoms with Gasteiger partial charge < -0.3 is 14.9 Å². The van der Waals surface area contributed by atoms with Crippen molar-refractivity contribution in [2.24, 2.45) is 5.92 Å². The zero-order chi connectivity index (χ0) is 14.3. The Labute approximate surface area is 116 Å². The van der Waals surface area contributed by atoms with Gasteiger partial charge in [0.1, 0.15) is 12.7 Å². The van der Waals surface area contributed by atoms with Crippen molar-refractivity contribution in [3.05, 3.63) is 46.0 Å². The molecule has 1 saturated heterocycles. The van der Waals surface area contributed by atoms with Gasteiger partial charge in [0.25, 0.3) is 5.54 Å². The molecule has 1 saturated carbocycles. The van der Waals surface area contributed by atoms with E-state index in [1.807, 2.05) is 30.3 Å². The number of nitrogens with zero attached hydrogens (tertiary/aromatic N) is 1. The number of fused-ring (bicyclic) bond motifs is 2. The first-order chi connectivity index (χ1) is 9.57. The Kier molecular flexibility index (Phi) is 3.24. The van der Waals surface area contributed by atoms with Crippen molar-refractivity contribution in [2.75, 3.05) is 6.61 Å². The summed E-state index contributed by atoms with van der Waals surface area (Å²) in [5.41, 5.74) is -0.793. The molecule has 0 amide bonds. The summed E-state index contributed by atoms with van der Waals surface area (Å²) in [6.07, 6.45) is -1.25. The summed E-state index contributed by atoms with van der Waals surface area (Å²) >= 11 is 0. The molecule has 0 aromatic heterocycles. The summed E-state index contributed by atoms with van der Waals surface area (Å²) in [4.78, 5) is 11.2. The number of nitro groups is 1. The fraction of sp³-hybridized carbons (Fsp3) is 0.571. The van der Waals surface area contributed by atoms with Gasteiger partial charge >= 0.3 is 0 Å². The van der Waals surface area contributed by atoms with E-state index in [0.29, 0.717) is 12.8 Å². The van der Waals surface area contributed by atoms with Crippen molar-refractivity contribution >= 4 is 0 Å². The number of hydrogen-bond acceptors (Lipinski definition) is 5. The number of ether oxygens (including phenoxy) is 1. The molecule has 0 radical (unpaired) electrons. The van der Waals surface area contributed by atoms with Crippen molar-refractivity contribution in [2.45, 2.75) is 36.7 Å². The van der Waals surface area contributed by atoms with Crippen LogP contribution < -0.4 is 0 Å². The zero-order valence-electron chi connectivity index (χ0n) is 10.9. The van der Waals surface area contributed by atoms with E-state index in [0.717, 1.165) is 5.56 Å². The summed E-state index contributed by atoms with van der Waals surface area (Å²) < 4.78 is 5.19. The molecule has 1 aromatic carbocycles. The van der Waals surface area contributed by atoms with Gasteiger partial charge in [0, 0.05) is 10.8 Å². The lowest BCUT2D eigenvalue weighted by Crippen LogP contribution is -2.66. The molecule has 108 valence electrons. The molecule has 2 N–H and O–H groups in total. The van der Waals surface area contributed by atoms with Gasteiger partial charge in [0.2, 0.25) is 0 Å². The van der Waals surface area contributed by atoms with E-state index in [4.69, 9.17) is 4.74 Å². The summed E-state index contributed by atoms with van der Waals surface area (Å²) in [5.74, 6) is -0.897. The fourth-order valence-electron chi connectivity index (χ4n) is 3.66. The lowest BCUT2D eigenvalue weighted by Gasteiger charge is -2.49. The highest BCUT2D eigenvalue weighted by molar-refractivity contribution is 5.27. The van der Waals surface area contributed by atoms with Crippen molar-refractivity contribution in [3.63, 3.8) is 0 Å². The largest absolute Gasteiger partial charge is 0.386 e. The second-order valence-corrected chi connectivity index (χ2v) is 5.60. The maximum atomic E-state index is 11.7. The predicted molar refractivity (Wildman–Crippen MR) is 69.6 cm³/mol. The van der Waals surface area contributed by atoms with E-state index in [-0.39, 0.29) is 12.5 Å². The molecule has 2 unspecified atom stereocenters. The monoisotopic (exact) mass is 279 g/mol. The number of aliphatic hydroxyl groups is 2. The van der Waals surface area contributed by atoms with E-state index < -0.39 is 28.8 Å². The maximum absolute atomic E-state index is 11.7. The Bertz CT molecular complexity index is 508. The van der Waals surface area contributed by atoms with Crippen molar-refractivity contribution in [3.8, 4) is 0 Å². The number of hydrogen-bond donors (Lipinski definition) is 2. The van der Waals surface area contributed by atoms with Crippen LogP contribution in [0.1, 0.15) is 24.3 Å². The van der Waals surface area contributed by atoms with Gasteiger partial charge in [0.15, 0.2) is 6.29 Å². The molecule has 1 aliphatic heterocycles. The van der Waals surface area contributed by atoms with Crippen LogP contribution in [0.15, 0.2) is 30.3 Å². The van der Waals surface area contributed by atoms with Crippen LogP contribution in [0.25, 0.3) is 0 Å². The first-order valence-electron chi connectivity index (χ1n) is 6.74. The topological polar surface area (TPSA) is 92.8 Å². The molecule has 1 heterocycles. The smallest absolute Gasteiger partial charge is 0.277 e. The van der Waals surface area contributed by atoms with Crippen molar-refractivity contribution in [1.29, 1.82) is 0 Å². The van der Waals surface area contributed by atoms with Crippen LogP contribution in [-0.2, 0) is 4.74 Å². The molecular formula is C14H17NO5. The third-order valence-electron chi connectivity index (χ3n) is 4.67. The number of aliphatic hydroxyl groups excluding tert-OH is 2. The van der Waals surface area contributed by atoms with Gasteiger partial charge in [-0.2, -0.15) is 0 Å². The zero-order valence-corrected chi connectivity index (χ0v) is 10.9. The molecule has 5 atom stereocenters. The normalized spacial score (nSPS) is 40.3. The van der Waals surface area contributed by atoms with Gasteiger partial charge in [-0.3, -0.25) is 10.1 Å². The lowest BCUT2D eigenvalue weighted by atomic mass is 9.61. The van der Waals surface area contributed by atoms with Crippen molar-refractivity contribution in [1.82, 2.24) is 0 Å². The van der Waals surface area contributed by atoms with Crippen LogP contribution in [0.3, 0.4) is 0 Å². The minimum Gasteiger partial charge on any atom is -0.386 e. The van der Waals surface area contributed by atoms with E-state index >= 15 is 0 Å². The molecule has 6 nitrogen and oxygen atoms in total. The van der Waals surface area contributed by atoms with Gasteiger partial charge in [0.05, 0.1) is 5.92 Å². The Morgan fingerprint density at radius 2 is 1.95 bits per heavy atom. The van der Waals surface area contributed by atoms with Crippen LogP contribution in [0.4, 0.5) is 0 Å². The van der Waals surface area contributed by atoms with Gasteiger partial charge in [-0.1, -0.05) is 30.3 Å². The summed E-state index contributed by atoms with van der Waals surface area (Å²) in [5, 5.41) is 31.9. The molecule has 0 spiro atoms. The standard InChI is InChI=1S/C14H17NO5/c16-11-7-6-10-12(9-4-2-1-3-5-9)14(11,15(18)19)8-20-13(10)17/h1-5,10-13,16-17H,6-8H2/t10-,11-,12?,13?,14+/m0/s1. The fourth-order valence-corrected chi connectivity index (χ4v) is 3.66. The number of benzene rings is 1. The number of rotatable bonds is 2. The second-order valence-electron chi connectivity index (χ2n) is 5.60. The minimum atomic E-state index is -1.57.